The van der Waals surface area contributed by atoms with Gasteiger partial charge in [-0.15, -0.1) is 0 Å². The molecule has 0 aliphatic rings. The third kappa shape index (κ3) is 3.07. The van der Waals surface area contributed by atoms with Crippen molar-refractivity contribution in [2.24, 2.45) is 0 Å². The van der Waals surface area contributed by atoms with E-state index in [1.54, 1.807) is 19.1 Å². The van der Waals surface area contributed by atoms with E-state index < -0.39 is 11.5 Å². The number of rotatable bonds is 3. The van der Waals surface area contributed by atoms with Crippen LogP contribution >= 0.6 is 0 Å². The fourth-order valence-electron chi connectivity index (χ4n) is 1.90. The number of ketones is 1. The molecule has 2 aromatic rings. The van der Waals surface area contributed by atoms with Crippen LogP contribution in [-0.2, 0) is 0 Å². The molecule has 2 rings (SSSR count). The van der Waals surface area contributed by atoms with Crippen LogP contribution in [0.4, 0.5) is 0 Å². The van der Waals surface area contributed by atoms with Gasteiger partial charge in [-0.1, -0.05) is 6.07 Å². The molecule has 0 fully saturated rings. The van der Waals surface area contributed by atoms with Gasteiger partial charge < -0.3 is 15.3 Å². The topological polar surface area (TPSA) is 102 Å². The zero-order valence-corrected chi connectivity index (χ0v) is 11.7. The molecule has 0 atom stereocenters. The van der Waals surface area contributed by atoms with E-state index in [1.165, 1.54) is 24.3 Å². The summed E-state index contributed by atoms with van der Waals surface area (Å²) in [7, 11) is 0. The number of carbonyl (C=O) groups is 1. The number of benzene rings is 2. The van der Waals surface area contributed by atoms with Crippen LogP contribution in [-0.4, -0.2) is 21.1 Å². The number of phenolic OH excluding ortho intramolecular Hbond substituents is 3. The summed E-state index contributed by atoms with van der Waals surface area (Å²) < 4.78 is 0. The van der Waals surface area contributed by atoms with E-state index >= 15 is 0 Å². The highest BCUT2D eigenvalue weighted by molar-refractivity contribution is 6.14. The molecule has 5 nitrogen and oxygen atoms in total. The maximum atomic E-state index is 12.3. The summed E-state index contributed by atoms with van der Waals surface area (Å²) in [5.41, 5.74) is 1.21. The minimum Gasteiger partial charge on any atom is -0.508 e. The van der Waals surface area contributed by atoms with Crippen molar-refractivity contribution in [3.63, 3.8) is 0 Å². The van der Waals surface area contributed by atoms with Crippen LogP contribution in [0, 0.1) is 18.3 Å². The minimum absolute atomic E-state index is 0.0959. The van der Waals surface area contributed by atoms with Crippen molar-refractivity contribution in [1.82, 2.24) is 0 Å². The van der Waals surface area contributed by atoms with E-state index in [-0.39, 0.29) is 22.6 Å². The van der Waals surface area contributed by atoms with Crippen LogP contribution in [0.5, 0.6) is 17.2 Å². The van der Waals surface area contributed by atoms with Gasteiger partial charge in [0.2, 0.25) is 5.78 Å². The number of nitrogens with zero attached hydrogens (tertiary/aromatic N) is 1. The zero-order chi connectivity index (χ0) is 16.3. The van der Waals surface area contributed by atoms with Gasteiger partial charge in [-0.2, -0.15) is 5.26 Å². The van der Waals surface area contributed by atoms with Gasteiger partial charge in [-0.25, -0.2) is 0 Å². The van der Waals surface area contributed by atoms with Crippen LogP contribution in [0.25, 0.3) is 6.08 Å². The van der Waals surface area contributed by atoms with Gasteiger partial charge in [0.1, 0.15) is 17.4 Å². The van der Waals surface area contributed by atoms with E-state index in [0.717, 1.165) is 6.07 Å². The molecule has 3 N–H and O–H groups in total. The molecule has 0 aliphatic heterocycles. The Kier molecular flexibility index (Phi) is 4.14. The Morgan fingerprint density at radius 1 is 1.05 bits per heavy atom. The largest absolute Gasteiger partial charge is 0.508 e. The molecule has 0 amide bonds. The molecule has 0 radical (unpaired) electrons. The Hall–Kier alpha value is -3.26. The number of nitriles is 1. The van der Waals surface area contributed by atoms with Gasteiger partial charge in [0.05, 0.1) is 0 Å². The maximum Gasteiger partial charge on any atom is 0.203 e. The molecule has 0 aromatic heterocycles. The molecule has 0 aliphatic carbocycles. The van der Waals surface area contributed by atoms with E-state index in [9.17, 15) is 20.1 Å². The quantitative estimate of drug-likeness (QED) is 0.350. The molecule has 0 bridgehead atoms. The standard InChI is InChI=1S/C17H13NO4/c1-10-6-11(2-4-14(10)19)7-13(9-18)17(22)12-3-5-15(20)16(21)8-12/h2-8,19-21H,1H3/b13-7+. The number of aryl methyl sites for hydroxylation is 1. The zero-order valence-electron chi connectivity index (χ0n) is 11.7. The van der Waals surface area contributed by atoms with Crippen LogP contribution in [0.1, 0.15) is 21.5 Å². The van der Waals surface area contributed by atoms with Crippen LogP contribution < -0.4 is 0 Å². The van der Waals surface area contributed by atoms with Gasteiger partial charge >= 0.3 is 0 Å². The Balaban J connectivity index is 2.40. The first kappa shape index (κ1) is 15.1. The lowest BCUT2D eigenvalue weighted by Gasteiger charge is -2.03. The Morgan fingerprint density at radius 3 is 2.32 bits per heavy atom. The van der Waals surface area contributed by atoms with Gasteiger partial charge in [-0.3, -0.25) is 4.79 Å². The van der Waals surface area contributed by atoms with Crippen LogP contribution in [0.2, 0.25) is 0 Å². The van der Waals surface area contributed by atoms with E-state index in [4.69, 9.17) is 5.26 Å². The Morgan fingerprint density at radius 2 is 1.73 bits per heavy atom. The number of aromatic hydroxyl groups is 3. The van der Waals surface area contributed by atoms with E-state index in [0.29, 0.717) is 11.1 Å². The number of phenols is 3. The summed E-state index contributed by atoms with van der Waals surface area (Å²) >= 11 is 0. The van der Waals surface area contributed by atoms with Crippen molar-refractivity contribution in [2.75, 3.05) is 0 Å². The predicted octanol–water partition coefficient (Wildman–Crippen LogP) is 2.90. The second kappa shape index (κ2) is 6.02. The molecular formula is C17H13NO4. The molecule has 110 valence electrons. The van der Waals surface area contributed by atoms with Crippen molar-refractivity contribution >= 4 is 11.9 Å². The first-order chi connectivity index (χ1) is 10.4. The molecule has 5 heteroatoms. The summed E-state index contributed by atoms with van der Waals surface area (Å²) in [5, 5.41) is 37.3. The van der Waals surface area contributed by atoms with Gasteiger partial charge in [-0.05, 0) is 54.5 Å². The summed E-state index contributed by atoms with van der Waals surface area (Å²) in [6.45, 7) is 1.71. The summed E-state index contributed by atoms with van der Waals surface area (Å²) in [6.07, 6.45) is 1.40. The average molecular weight is 295 g/mol. The average Bonchev–Trinajstić information content (AvgIpc) is 2.50. The number of Topliss-reactive ketones (excluding diaryl/α,β-unsaturated/α-hetero) is 1. The third-order valence-electron chi connectivity index (χ3n) is 3.13. The highest BCUT2D eigenvalue weighted by Gasteiger charge is 2.14. The molecule has 0 heterocycles. The van der Waals surface area contributed by atoms with Crippen LogP contribution in [0.15, 0.2) is 42.0 Å². The lowest BCUT2D eigenvalue weighted by atomic mass is 10.0. The van der Waals surface area contributed by atoms with Crippen molar-refractivity contribution in [3.05, 3.63) is 58.7 Å². The third-order valence-corrected chi connectivity index (χ3v) is 3.13. The minimum atomic E-state index is -0.566. The molecule has 0 saturated carbocycles. The number of carbonyl (C=O) groups excluding carboxylic acids is 1. The molecule has 0 unspecified atom stereocenters. The first-order valence-corrected chi connectivity index (χ1v) is 6.40. The number of hydrogen-bond donors (Lipinski definition) is 3. The molecule has 0 spiro atoms. The van der Waals surface area contributed by atoms with Crippen molar-refractivity contribution in [3.8, 4) is 23.3 Å². The van der Waals surface area contributed by atoms with E-state index in [1.807, 2.05) is 6.07 Å². The molecule has 0 saturated heterocycles. The van der Waals surface area contributed by atoms with Crippen LogP contribution in [0.3, 0.4) is 0 Å². The summed E-state index contributed by atoms with van der Waals surface area (Å²) in [4.78, 5) is 12.3. The fraction of sp³-hybridized carbons (Fsp3) is 0.0588. The summed E-state index contributed by atoms with van der Waals surface area (Å²) in [5.74, 6) is -1.20. The normalized spacial score (nSPS) is 11.0. The second-order valence-corrected chi connectivity index (χ2v) is 4.75. The highest BCUT2D eigenvalue weighted by atomic mass is 16.3. The second-order valence-electron chi connectivity index (χ2n) is 4.75. The van der Waals surface area contributed by atoms with Crippen molar-refractivity contribution in [1.29, 1.82) is 5.26 Å². The lowest BCUT2D eigenvalue weighted by molar-refractivity contribution is 0.103. The Labute approximate surface area is 127 Å². The van der Waals surface area contributed by atoms with Gasteiger partial charge in [0.15, 0.2) is 11.5 Å². The van der Waals surface area contributed by atoms with Crippen molar-refractivity contribution in [2.45, 2.75) is 6.92 Å². The molecule has 22 heavy (non-hydrogen) atoms. The Bertz CT molecular complexity index is 816. The number of hydrogen-bond acceptors (Lipinski definition) is 5. The molecular weight excluding hydrogens is 282 g/mol. The maximum absolute atomic E-state index is 12.3. The SMILES string of the molecule is Cc1cc(/C=C(\C#N)C(=O)c2ccc(O)c(O)c2)ccc1O. The van der Waals surface area contributed by atoms with E-state index in [2.05, 4.69) is 0 Å². The fourth-order valence-corrected chi connectivity index (χ4v) is 1.90. The monoisotopic (exact) mass is 295 g/mol. The number of allylic oxidation sites excluding steroid dienone is 1. The first-order valence-electron chi connectivity index (χ1n) is 6.40. The highest BCUT2D eigenvalue weighted by Crippen LogP contribution is 2.26. The van der Waals surface area contributed by atoms with Gasteiger partial charge in [0.25, 0.3) is 0 Å². The van der Waals surface area contributed by atoms with Crippen molar-refractivity contribution < 1.29 is 20.1 Å². The smallest absolute Gasteiger partial charge is 0.203 e. The summed E-state index contributed by atoms with van der Waals surface area (Å²) in [6, 6.07) is 10.1. The predicted molar refractivity (Wildman–Crippen MR) is 80.5 cm³/mol. The lowest BCUT2D eigenvalue weighted by Crippen LogP contribution is -2.01. The molecule has 2 aromatic carbocycles. The van der Waals surface area contributed by atoms with Gasteiger partial charge in [0, 0.05) is 5.56 Å².